The van der Waals surface area contributed by atoms with Crippen LogP contribution in [0.4, 0.5) is 17.6 Å². The van der Waals surface area contributed by atoms with Crippen molar-refractivity contribution in [2.75, 3.05) is 19.6 Å². The van der Waals surface area contributed by atoms with Gasteiger partial charge in [0.05, 0.1) is 36.9 Å². The van der Waals surface area contributed by atoms with E-state index in [-0.39, 0.29) is 62.6 Å². The van der Waals surface area contributed by atoms with E-state index in [1.165, 1.54) is 33.8 Å². The van der Waals surface area contributed by atoms with Gasteiger partial charge in [-0.2, -0.15) is 0 Å². The molecule has 0 saturated carbocycles. The molecule has 1 unspecified atom stereocenters. The van der Waals surface area contributed by atoms with Crippen LogP contribution in [0.3, 0.4) is 0 Å². The number of nitrogens with one attached hydrogen (secondary N) is 1. The fraction of sp³-hybridized carbons (Fsp3) is 0.667. The molecule has 4 rings (SSSR count). The van der Waals surface area contributed by atoms with E-state index < -0.39 is 54.5 Å². The topological polar surface area (TPSA) is 124 Å². The second-order valence-corrected chi connectivity index (χ2v) is 13.4. The zero-order chi connectivity index (χ0) is 34.0. The van der Waals surface area contributed by atoms with E-state index in [1.807, 2.05) is 27.7 Å². The zero-order valence-corrected chi connectivity index (χ0v) is 27.6. The van der Waals surface area contributed by atoms with Crippen LogP contribution in [-0.4, -0.2) is 106 Å². The molecule has 2 fully saturated rings. The monoisotopic (exact) mass is 651 g/mol. The van der Waals surface area contributed by atoms with Crippen LogP contribution in [0.15, 0.2) is 23.2 Å². The van der Waals surface area contributed by atoms with Crippen LogP contribution < -0.4 is 11.5 Å². The molecule has 46 heavy (non-hydrogen) atoms. The van der Waals surface area contributed by atoms with Crippen LogP contribution in [-0.2, 0) is 16.0 Å². The fourth-order valence-electron chi connectivity index (χ4n) is 6.51. The van der Waals surface area contributed by atoms with E-state index >= 15 is 4.39 Å². The summed E-state index contributed by atoms with van der Waals surface area (Å²) in [5, 5.41) is 0.623. The number of carbonyl (C=O) groups is 2. The number of halogens is 4. The molecule has 3 heterocycles. The van der Waals surface area contributed by atoms with Gasteiger partial charge >= 0.3 is 0 Å². The summed E-state index contributed by atoms with van der Waals surface area (Å²) in [5.41, 5.74) is 13.6. The molecular weight excluding hydrogens is 602 g/mol. The van der Waals surface area contributed by atoms with Crippen molar-refractivity contribution in [3.05, 3.63) is 35.3 Å². The summed E-state index contributed by atoms with van der Waals surface area (Å²) in [4.78, 5) is 38.7. The minimum Gasteiger partial charge on any atom is -0.352 e. The van der Waals surface area contributed by atoms with Gasteiger partial charge in [0.2, 0.25) is 11.8 Å². The number of aromatic amines is 1. The highest BCUT2D eigenvalue weighted by Gasteiger charge is 2.41. The number of carbonyl (C=O) groups excluding carboxylic acids is 2. The Morgan fingerprint density at radius 1 is 1.02 bits per heavy atom. The summed E-state index contributed by atoms with van der Waals surface area (Å²) < 4.78 is 59.9. The van der Waals surface area contributed by atoms with Gasteiger partial charge in [-0.1, -0.05) is 20.8 Å². The number of nitrogens with zero attached hydrogens (tertiary/aromatic N) is 4. The van der Waals surface area contributed by atoms with Crippen LogP contribution in [0.1, 0.15) is 72.1 Å². The lowest BCUT2D eigenvalue weighted by molar-refractivity contribution is -0.135. The molecule has 2 aliphatic rings. The first-order valence-electron chi connectivity index (χ1n) is 16.3. The smallest absolute Gasteiger partial charge is 0.240 e. The molecule has 0 radical (unpaired) electrons. The second-order valence-electron chi connectivity index (χ2n) is 13.4. The van der Waals surface area contributed by atoms with E-state index in [4.69, 9.17) is 16.5 Å². The van der Waals surface area contributed by atoms with Gasteiger partial charge in [-0.3, -0.25) is 14.6 Å². The molecule has 5 N–H and O–H groups in total. The van der Waals surface area contributed by atoms with Crippen molar-refractivity contribution in [1.29, 1.82) is 0 Å². The van der Waals surface area contributed by atoms with E-state index in [9.17, 15) is 22.8 Å². The summed E-state index contributed by atoms with van der Waals surface area (Å²) in [6.07, 6.45) is -3.49. The highest BCUT2D eigenvalue weighted by molar-refractivity contribution is 6.04. The molecule has 1 aromatic carbocycles. The van der Waals surface area contributed by atoms with Crippen molar-refractivity contribution >= 4 is 28.6 Å². The lowest BCUT2D eigenvalue weighted by Gasteiger charge is -2.35. The molecule has 0 bridgehead atoms. The van der Waals surface area contributed by atoms with Crippen LogP contribution in [0.2, 0.25) is 0 Å². The Labute approximate surface area is 268 Å². The highest BCUT2D eigenvalue weighted by Crippen LogP contribution is 2.33. The van der Waals surface area contributed by atoms with Crippen molar-refractivity contribution in [3.8, 4) is 0 Å². The number of amidine groups is 1. The molecule has 2 aromatic rings. The van der Waals surface area contributed by atoms with E-state index in [0.717, 1.165) is 0 Å². The molecule has 2 amide bonds. The molecule has 0 aliphatic carbocycles. The van der Waals surface area contributed by atoms with Crippen molar-refractivity contribution in [2.45, 2.75) is 116 Å². The van der Waals surface area contributed by atoms with Crippen molar-refractivity contribution in [3.63, 3.8) is 0 Å². The number of H-pyrrole nitrogens is 1. The lowest BCUT2D eigenvalue weighted by atomic mass is 9.98. The quantitative estimate of drug-likeness (QED) is 0.145. The number of likely N-dealkylation sites (tertiary alicyclic amines) is 2. The maximum Gasteiger partial charge on any atom is 0.240 e. The number of rotatable bonds is 11. The zero-order valence-electron chi connectivity index (χ0n) is 27.6. The Hall–Kier alpha value is -3.19. The summed E-state index contributed by atoms with van der Waals surface area (Å²) in [6.45, 7) is 10.1. The number of aromatic nitrogens is 1. The average molecular weight is 652 g/mol. The molecule has 1 aromatic heterocycles. The van der Waals surface area contributed by atoms with Gasteiger partial charge < -0.3 is 31.2 Å². The van der Waals surface area contributed by atoms with E-state index in [0.29, 0.717) is 28.6 Å². The third-order valence-corrected chi connectivity index (χ3v) is 9.07. The van der Waals surface area contributed by atoms with Gasteiger partial charge in [0, 0.05) is 42.4 Å². The number of aliphatic imine (C=N–C) groups is 1. The minimum atomic E-state index is -1.62. The van der Waals surface area contributed by atoms with Gasteiger partial charge in [-0.15, -0.1) is 0 Å². The average Bonchev–Trinajstić information content (AvgIpc) is 3.66. The molecular formula is C33H49F4N7O2. The third kappa shape index (κ3) is 7.67. The SMILES string of the molecule is CC[C@H](N)C(=O)N1C[C@@H](F)C[C@H]1Cc1c(C(=NC(C)C)N(C[C@@H]2C[C@H](F)CN2C(=O)[C@@H](N)C(C)C)C(C)F)[nH]c2cc(F)ccc12. The molecule has 2 saturated heterocycles. The lowest BCUT2D eigenvalue weighted by Crippen LogP contribution is -2.53. The van der Waals surface area contributed by atoms with Crippen molar-refractivity contribution in [1.82, 2.24) is 19.7 Å². The Morgan fingerprint density at radius 2 is 1.63 bits per heavy atom. The molecule has 0 spiro atoms. The summed E-state index contributed by atoms with van der Waals surface area (Å²) >= 11 is 0. The number of fused-ring (bicyclic) bond motifs is 1. The maximum absolute atomic E-state index is 15.8. The predicted molar refractivity (Wildman–Crippen MR) is 172 cm³/mol. The first-order valence-corrected chi connectivity index (χ1v) is 16.3. The molecule has 9 nitrogen and oxygen atoms in total. The Kier molecular flexibility index (Phi) is 11.4. The largest absolute Gasteiger partial charge is 0.352 e. The molecule has 7 atom stereocenters. The molecule has 13 heteroatoms. The van der Waals surface area contributed by atoms with Crippen LogP contribution in [0.25, 0.3) is 10.9 Å². The van der Waals surface area contributed by atoms with Gasteiger partial charge in [0.25, 0.3) is 0 Å². The minimum absolute atomic E-state index is 0.00816. The highest BCUT2D eigenvalue weighted by atomic mass is 19.1. The fourth-order valence-corrected chi connectivity index (χ4v) is 6.51. The van der Waals surface area contributed by atoms with Gasteiger partial charge in [0.15, 0.2) is 12.1 Å². The van der Waals surface area contributed by atoms with Gasteiger partial charge in [0.1, 0.15) is 18.2 Å². The van der Waals surface area contributed by atoms with Crippen molar-refractivity contribution in [2.24, 2.45) is 22.4 Å². The molecule has 256 valence electrons. The third-order valence-electron chi connectivity index (χ3n) is 9.07. The number of alkyl halides is 3. The standard InChI is InChI=1S/C33H49F4N7O2/c1-7-27(38)32(45)43-14-21(36)10-23(43)13-26-25-9-8-20(35)12-28(25)41-30(26)31(40-18(4)5)42(19(6)34)16-24-11-22(37)15-44(24)33(46)29(39)17(2)3/h8-9,12,17-19,21-24,27,29,41H,7,10-11,13-16,38-39H2,1-6H3/t19?,21-,22-,23-,24-,27-,29-/m0/s1. The summed E-state index contributed by atoms with van der Waals surface area (Å²) in [5.74, 6) is -1.20. The first-order chi connectivity index (χ1) is 21.6. The Balaban J connectivity index is 1.80. The number of nitrogens with two attached hydrogens (primary N) is 2. The van der Waals surface area contributed by atoms with E-state index in [2.05, 4.69) is 4.98 Å². The number of amides is 2. The van der Waals surface area contributed by atoms with Crippen LogP contribution >= 0.6 is 0 Å². The van der Waals surface area contributed by atoms with Crippen LogP contribution in [0.5, 0.6) is 0 Å². The van der Waals surface area contributed by atoms with E-state index in [1.54, 1.807) is 13.0 Å². The molecule has 2 aliphatic heterocycles. The Morgan fingerprint density at radius 3 is 2.20 bits per heavy atom. The normalized spacial score (nSPS) is 24.3. The van der Waals surface area contributed by atoms with Gasteiger partial charge in [-0.25, -0.2) is 17.6 Å². The van der Waals surface area contributed by atoms with Crippen LogP contribution in [0, 0.1) is 11.7 Å². The Bertz CT molecular complexity index is 1410. The number of benzene rings is 1. The second kappa shape index (κ2) is 14.7. The number of hydrogen-bond acceptors (Lipinski definition) is 5. The summed E-state index contributed by atoms with van der Waals surface area (Å²) in [6, 6.07) is 1.07. The van der Waals surface area contributed by atoms with Gasteiger partial charge in [-0.05, 0) is 63.3 Å². The predicted octanol–water partition coefficient (Wildman–Crippen LogP) is 4.22. The summed E-state index contributed by atoms with van der Waals surface area (Å²) in [7, 11) is 0. The first kappa shape index (κ1) is 35.7. The number of hydrogen-bond donors (Lipinski definition) is 3. The maximum atomic E-state index is 15.8. The van der Waals surface area contributed by atoms with Crippen molar-refractivity contribution < 1.29 is 27.2 Å².